The first-order valence-electron chi connectivity index (χ1n) is 7.04. The highest BCUT2D eigenvalue weighted by atomic mass is 16.5. The number of hydrogen-bond donors (Lipinski definition) is 1. The van der Waals surface area contributed by atoms with Crippen molar-refractivity contribution in [1.29, 1.82) is 0 Å². The average molecular weight is 260 g/mol. The monoisotopic (exact) mass is 260 g/mol. The molecule has 1 aromatic rings. The molecule has 19 heavy (non-hydrogen) atoms. The van der Waals surface area contributed by atoms with E-state index in [9.17, 15) is 4.79 Å². The van der Waals surface area contributed by atoms with Crippen LogP contribution in [0.3, 0.4) is 0 Å². The van der Waals surface area contributed by atoms with Crippen LogP contribution in [0.1, 0.15) is 18.4 Å². The van der Waals surface area contributed by atoms with Gasteiger partial charge in [-0.1, -0.05) is 18.2 Å². The number of rotatable bonds is 4. The Morgan fingerprint density at radius 2 is 2.32 bits per heavy atom. The van der Waals surface area contributed by atoms with E-state index in [2.05, 4.69) is 28.4 Å². The number of carbonyl (C=O) groups is 1. The Bertz CT molecular complexity index is 455. The van der Waals surface area contributed by atoms with Gasteiger partial charge >= 0.3 is 0 Å². The Hall–Kier alpha value is -1.55. The molecule has 0 spiro atoms. The summed E-state index contributed by atoms with van der Waals surface area (Å²) in [5.41, 5.74) is 2.55. The van der Waals surface area contributed by atoms with Crippen LogP contribution in [-0.4, -0.2) is 38.3 Å². The van der Waals surface area contributed by atoms with Gasteiger partial charge in [-0.25, -0.2) is 0 Å². The van der Waals surface area contributed by atoms with Crippen LogP contribution in [-0.2, 0) is 16.0 Å². The van der Waals surface area contributed by atoms with Gasteiger partial charge in [-0.05, 0) is 30.9 Å². The van der Waals surface area contributed by atoms with E-state index in [4.69, 9.17) is 4.74 Å². The summed E-state index contributed by atoms with van der Waals surface area (Å²) in [6.45, 7) is 2.87. The summed E-state index contributed by atoms with van der Waals surface area (Å²) in [6.07, 6.45) is 3.43. The Labute approximate surface area is 113 Å². The maximum Gasteiger partial charge on any atom is 0.239 e. The number of hydrogen-bond acceptors (Lipinski definition) is 3. The fraction of sp³-hybridized carbons (Fsp3) is 0.533. The molecule has 1 amide bonds. The summed E-state index contributed by atoms with van der Waals surface area (Å²) in [4.78, 5) is 14.1. The minimum absolute atomic E-state index is 0.0900. The Balaban J connectivity index is 1.50. The molecule has 1 aromatic carbocycles. The molecule has 1 N–H and O–H groups in total. The molecular weight excluding hydrogens is 240 g/mol. The number of carbonyl (C=O) groups excluding carboxylic acids is 1. The zero-order valence-electron chi connectivity index (χ0n) is 11.1. The standard InChI is InChI=1S/C15H20N2O2/c18-15(16-10-13-5-3-9-19-13)11-17-8-7-12-4-1-2-6-14(12)17/h1-2,4,6,13H,3,5,7-11H2,(H,16,18). The smallest absolute Gasteiger partial charge is 0.239 e. The van der Waals surface area contributed by atoms with Crippen molar-refractivity contribution in [2.24, 2.45) is 0 Å². The molecule has 1 atom stereocenters. The first kappa shape index (κ1) is 12.5. The highest BCUT2D eigenvalue weighted by Gasteiger charge is 2.21. The van der Waals surface area contributed by atoms with Gasteiger partial charge in [0.05, 0.1) is 12.6 Å². The van der Waals surface area contributed by atoms with Gasteiger partial charge in [-0.2, -0.15) is 0 Å². The lowest BCUT2D eigenvalue weighted by molar-refractivity contribution is -0.120. The molecule has 0 saturated carbocycles. The van der Waals surface area contributed by atoms with Crippen LogP contribution in [0.4, 0.5) is 5.69 Å². The number of ether oxygens (including phenoxy) is 1. The molecule has 1 saturated heterocycles. The van der Waals surface area contributed by atoms with Gasteiger partial charge in [-0.15, -0.1) is 0 Å². The van der Waals surface area contributed by atoms with Crippen LogP contribution in [0, 0.1) is 0 Å². The summed E-state index contributed by atoms with van der Waals surface area (Å²) in [5, 5.41) is 2.98. The van der Waals surface area contributed by atoms with Crippen LogP contribution in [0.2, 0.25) is 0 Å². The van der Waals surface area contributed by atoms with Crippen molar-refractivity contribution in [3.05, 3.63) is 29.8 Å². The second-order valence-corrected chi connectivity index (χ2v) is 5.24. The number of nitrogens with zero attached hydrogens (tertiary/aromatic N) is 1. The molecule has 0 aromatic heterocycles. The molecule has 1 unspecified atom stereocenters. The normalized spacial score (nSPS) is 21.5. The number of nitrogens with one attached hydrogen (secondary N) is 1. The van der Waals surface area contributed by atoms with Crippen molar-refractivity contribution in [3.63, 3.8) is 0 Å². The molecule has 2 aliphatic rings. The van der Waals surface area contributed by atoms with Crippen molar-refractivity contribution in [2.45, 2.75) is 25.4 Å². The predicted molar refractivity (Wildman–Crippen MR) is 74.3 cm³/mol. The first-order valence-corrected chi connectivity index (χ1v) is 7.04. The molecule has 0 aliphatic carbocycles. The Morgan fingerprint density at radius 1 is 1.42 bits per heavy atom. The Kier molecular flexibility index (Phi) is 3.69. The summed E-state index contributed by atoms with van der Waals surface area (Å²) >= 11 is 0. The third-order valence-electron chi connectivity index (χ3n) is 3.87. The lowest BCUT2D eigenvalue weighted by Gasteiger charge is -2.19. The molecule has 1 fully saturated rings. The van der Waals surface area contributed by atoms with Gasteiger partial charge < -0.3 is 15.0 Å². The average Bonchev–Trinajstić information content (AvgIpc) is 3.07. The quantitative estimate of drug-likeness (QED) is 0.888. The summed E-state index contributed by atoms with van der Waals surface area (Å²) < 4.78 is 5.50. The molecule has 4 nitrogen and oxygen atoms in total. The summed E-state index contributed by atoms with van der Waals surface area (Å²) in [5.74, 6) is 0.0900. The first-order chi connectivity index (χ1) is 9.33. The van der Waals surface area contributed by atoms with Crippen LogP contribution in [0.5, 0.6) is 0 Å². The second kappa shape index (κ2) is 5.61. The summed E-state index contributed by atoms with van der Waals surface area (Å²) in [7, 11) is 0. The van der Waals surface area contributed by atoms with Gasteiger partial charge in [-0.3, -0.25) is 4.79 Å². The zero-order valence-corrected chi connectivity index (χ0v) is 11.1. The zero-order chi connectivity index (χ0) is 13.1. The van der Waals surface area contributed by atoms with Crippen molar-refractivity contribution in [3.8, 4) is 0 Å². The topological polar surface area (TPSA) is 41.6 Å². The Morgan fingerprint density at radius 3 is 3.16 bits per heavy atom. The molecule has 2 heterocycles. The molecule has 0 bridgehead atoms. The van der Waals surface area contributed by atoms with Crippen LogP contribution in [0.25, 0.3) is 0 Å². The largest absolute Gasteiger partial charge is 0.376 e. The van der Waals surface area contributed by atoms with Crippen molar-refractivity contribution in [1.82, 2.24) is 5.32 Å². The molecule has 4 heteroatoms. The highest BCUT2D eigenvalue weighted by Crippen LogP contribution is 2.26. The van der Waals surface area contributed by atoms with Crippen LogP contribution in [0.15, 0.2) is 24.3 Å². The fourth-order valence-electron chi connectivity index (χ4n) is 2.83. The number of anilines is 1. The minimum Gasteiger partial charge on any atom is -0.376 e. The molecule has 3 rings (SSSR count). The number of fused-ring (bicyclic) bond motifs is 1. The molecule has 0 radical (unpaired) electrons. The van der Waals surface area contributed by atoms with Crippen LogP contribution >= 0.6 is 0 Å². The minimum atomic E-state index is 0.0900. The highest BCUT2D eigenvalue weighted by molar-refractivity contribution is 5.82. The second-order valence-electron chi connectivity index (χ2n) is 5.24. The van der Waals surface area contributed by atoms with Gasteiger partial charge in [0.15, 0.2) is 0 Å². The van der Waals surface area contributed by atoms with E-state index < -0.39 is 0 Å². The van der Waals surface area contributed by atoms with Crippen molar-refractivity contribution in [2.75, 3.05) is 31.1 Å². The number of benzene rings is 1. The van der Waals surface area contributed by atoms with E-state index in [-0.39, 0.29) is 12.0 Å². The van der Waals surface area contributed by atoms with E-state index in [0.29, 0.717) is 13.1 Å². The van der Waals surface area contributed by atoms with E-state index in [0.717, 1.165) is 32.4 Å². The molecular formula is C15H20N2O2. The van der Waals surface area contributed by atoms with E-state index in [1.54, 1.807) is 0 Å². The van der Waals surface area contributed by atoms with Crippen molar-refractivity contribution < 1.29 is 9.53 Å². The third-order valence-corrected chi connectivity index (χ3v) is 3.87. The molecule has 2 aliphatic heterocycles. The fourth-order valence-corrected chi connectivity index (χ4v) is 2.83. The number of para-hydroxylation sites is 1. The van der Waals surface area contributed by atoms with Gasteiger partial charge in [0.25, 0.3) is 0 Å². The third kappa shape index (κ3) is 2.89. The van der Waals surface area contributed by atoms with E-state index >= 15 is 0 Å². The predicted octanol–water partition coefficient (Wildman–Crippen LogP) is 1.34. The SMILES string of the molecule is O=C(CN1CCc2ccccc21)NCC1CCCO1. The van der Waals surface area contributed by atoms with E-state index in [1.165, 1.54) is 11.3 Å². The van der Waals surface area contributed by atoms with Crippen molar-refractivity contribution >= 4 is 11.6 Å². The molecule has 102 valence electrons. The maximum absolute atomic E-state index is 12.0. The lowest BCUT2D eigenvalue weighted by Crippen LogP contribution is -2.39. The van der Waals surface area contributed by atoms with Gasteiger partial charge in [0.2, 0.25) is 5.91 Å². The number of amides is 1. The summed E-state index contributed by atoms with van der Waals surface area (Å²) in [6, 6.07) is 8.32. The van der Waals surface area contributed by atoms with Gasteiger partial charge in [0.1, 0.15) is 0 Å². The van der Waals surface area contributed by atoms with Gasteiger partial charge in [0, 0.05) is 25.4 Å². The lowest BCUT2D eigenvalue weighted by atomic mass is 10.2. The van der Waals surface area contributed by atoms with E-state index in [1.807, 2.05) is 6.07 Å². The van der Waals surface area contributed by atoms with Crippen LogP contribution < -0.4 is 10.2 Å². The maximum atomic E-state index is 12.0.